The normalized spacial score (nSPS) is 20.4. The lowest BCUT2D eigenvalue weighted by Gasteiger charge is -2.43. The Hall–Kier alpha value is -3.26. The number of benzene rings is 3. The van der Waals surface area contributed by atoms with E-state index < -0.39 is 0 Å². The summed E-state index contributed by atoms with van der Waals surface area (Å²) in [4.78, 5) is 2.59. The van der Waals surface area contributed by atoms with Gasteiger partial charge in [0.15, 0.2) is 13.6 Å². The highest BCUT2D eigenvalue weighted by Crippen LogP contribution is 2.51. The van der Waals surface area contributed by atoms with Gasteiger partial charge in [-0.15, -0.1) is 0 Å². The van der Waals surface area contributed by atoms with E-state index >= 15 is 0 Å². The average Bonchev–Trinajstić information content (AvgIpc) is 3.04. The third-order valence-electron chi connectivity index (χ3n) is 8.46. The van der Waals surface area contributed by atoms with E-state index in [0.717, 1.165) is 41.6 Å². The van der Waals surface area contributed by atoms with E-state index in [0.29, 0.717) is 6.61 Å². The maximum atomic E-state index is 6.40. The van der Waals surface area contributed by atoms with E-state index in [1.165, 1.54) is 56.4 Å². The third kappa shape index (κ3) is 7.38. The summed E-state index contributed by atoms with van der Waals surface area (Å²) >= 11 is 0. The Morgan fingerprint density at radius 2 is 1.40 bits per heavy atom. The molecule has 5 rings (SSSR count). The smallest absolute Gasteiger partial charge is 0.188 e. The van der Waals surface area contributed by atoms with E-state index in [-0.39, 0.29) is 24.9 Å². The van der Waals surface area contributed by atoms with E-state index in [1.54, 1.807) is 14.2 Å². The first-order valence-electron chi connectivity index (χ1n) is 15.2. The molecule has 7 heteroatoms. The van der Waals surface area contributed by atoms with Crippen molar-refractivity contribution in [2.75, 3.05) is 60.7 Å². The molecule has 3 aromatic rings. The average molecular weight is 576 g/mol. The summed E-state index contributed by atoms with van der Waals surface area (Å²) in [5, 5.41) is 0. The van der Waals surface area contributed by atoms with Crippen LogP contribution in [-0.4, -0.2) is 65.6 Å². The lowest BCUT2D eigenvalue weighted by Crippen LogP contribution is -2.41. The molecule has 0 bridgehead atoms. The van der Waals surface area contributed by atoms with Crippen LogP contribution >= 0.6 is 0 Å². The van der Waals surface area contributed by atoms with Crippen molar-refractivity contribution in [3.63, 3.8) is 0 Å². The zero-order valence-corrected chi connectivity index (χ0v) is 25.3. The van der Waals surface area contributed by atoms with Crippen LogP contribution in [0.15, 0.2) is 66.7 Å². The molecule has 1 fully saturated rings. The molecule has 0 aromatic heterocycles. The predicted octanol–water partition coefficient (Wildman–Crippen LogP) is 6.78. The quantitative estimate of drug-likeness (QED) is 0.155. The van der Waals surface area contributed by atoms with Crippen LogP contribution in [0.25, 0.3) is 0 Å². The molecule has 0 spiro atoms. The fraction of sp³-hybridized carbons (Fsp3) is 0.486. The van der Waals surface area contributed by atoms with Gasteiger partial charge in [-0.05, 0) is 86.8 Å². The summed E-state index contributed by atoms with van der Waals surface area (Å²) in [5.41, 5.74) is 3.19. The molecular formula is C35H45NO6. The maximum Gasteiger partial charge on any atom is 0.188 e. The number of ether oxygens (including phenoxy) is 6. The monoisotopic (exact) mass is 575 g/mol. The number of methoxy groups -OCH3 is 2. The molecule has 0 amide bonds. The minimum Gasteiger partial charge on any atom is -0.494 e. The Morgan fingerprint density at radius 3 is 2.12 bits per heavy atom. The van der Waals surface area contributed by atoms with Gasteiger partial charge in [0, 0.05) is 37.2 Å². The van der Waals surface area contributed by atoms with Crippen molar-refractivity contribution in [2.45, 2.75) is 50.4 Å². The zero-order chi connectivity index (χ0) is 29.2. The SMILES string of the molecule is COCOc1ccc(C2(C)COc3cc(OCOC)ccc3C2c2ccc(OCCCCN3CCCCC3)cc2)cc1. The van der Waals surface area contributed by atoms with Gasteiger partial charge in [0.05, 0.1) is 13.2 Å². The highest BCUT2D eigenvalue weighted by Gasteiger charge is 2.43. The first-order chi connectivity index (χ1) is 20.6. The summed E-state index contributed by atoms with van der Waals surface area (Å²) in [7, 11) is 3.24. The Kier molecular flexibility index (Phi) is 10.6. The summed E-state index contributed by atoms with van der Waals surface area (Å²) < 4.78 is 34.0. The van der Waals surface area contributed by atoms with Gasteiger partial charge in [-0.25, -0.2) is 0 Å². The van der Waals surface area contributed by atoms with Gasteiger partial charge < -0.3 is 33.3 Å². The zero-order valence-electron chi connectivity index (χ0n) is 25.3. The van der Waals surface area contributed by atoms with Crippen molar-refractivity contribution in [1.82, 2.24) is 4.90 Å². The number of rotatable bonds is 14. The second-order valence-corrected chi connectivity index (χ2v) is 11.5. The molecule has 0 aliphatic carbocycles. The maximum absolute atomic E-state index is 6.40. The summed E-state index contributed by atoms with van der Waals surface area (Å²) in [6.45, 7) is 7.63. The molecule has 2 atom stereocenters. The van der Waals surface area contributed by atoms with Crippen molar-refractivity contribution >= 4 is 0 Å². The topological polar surface area (TPSA) is 58.6 Å². The van der Waals surface area contributed by atoms with Crippen molar-refractivity contribution < 1.29 is 28.4 Å². The van der Waals surface area contributed by atoms with Crippen molar-refractivity contribution in [2.24, 2.45) is 0 Å². The van der Waals surface area contributed by atoms with Crippen LogP contribution in [0.4, 0.5) is 0 Å². The molecule has 2 aliphatic rings. The van der Waals surface area contributed by atoms with Gasteiger partial charge in [-0.2, -0.15) is 0 Å². The molecule has 2 aliphatic heterocycles. The summed E-state index contributed by atoms with van der Waals surface area (Å²) in [6.07, 6.45) is 6.32. The fourth-order valence-corrected chi connectivity index (χ4v) is 6.17. The summed E-state index contributed by atoms with van der Waals surface area (Å²) in [6, 6.07) is 22.9. The van der Waals surface area contributed by atoms with Gasteiger partial charge >= 0.3 is 0 Å². The number of hydrogen-bond acceptors (Lipinski definition) is 7. The van der Waals surface area contributed by atoms with E-state index in [9.17, 15) is 0 Å². The largest absolute Gasteiger partial charge is 0.494 e. The second-order valence-electron chi connectivity index (χ2n) is 11.5. The van der Waals surface area contributed by atoms with Crippen LogP contribution in [0.2, 0.25) is 0 Å². The Labute approximate surface area is 250 Å². The molecule has 2 heterocycles. The first kappa shape index (κ1) is 30.2. The highest BCUT2D eigenvalue weighted by atomic mass is 16.7. The highest BCUT2D eigenvalue weighted by molar-refractivity contribution is 5.53. The van der Waals surface area contributed by atoms with Gasteiger partial charge in [-0.3, -0.25) is 0 Å². The third-order valence-corrected chi connectivity index (χ3v) is 8.46. The van der Waals surface area contributed by atoms with Crippen LogP contribution in [0.3, 0.4) is 0 Å². The number of nitrogens with zero attached hydrogens (tertiary/aromatic N) is 1. The Balaban J connectivity index is 1.33. The lowest BCUT2D eigenvalue weighted by atomic mass is 9.65. The molecule has 0 radical (unpaired) electrons. The van der Waals surface area contributed by atoms with Gasteiger partial charge in [0.1, 0.15) is 23.0 Å². The Morgan fingerprint density at radius 1 is 0.762 bits per heavy atom. The molecule has 1 saturated heterocycles. The molecule has 2 unspecified atom stereocenters. The first-order valence-corrected chi connectivity index (χ1v) is 15.2. The Bertz CT molecular complexity index is 1240. The molecule has 42 heavy (non-hydrogen) atoms. The van der Waals surface area contributed by atoms with Crippen LogP contribution in [0.1, 0.15) is 61.6 Å². The van der Waals surface area contributed by atoms with E-state index in [1.807, 2.05) is 24.3 Å². The predicted molar refractivity (Wildman–Crippen MR) is 164 cm³/mol. The molecule has 0 N–H and O–H groups in total. The van der Waals surface area contributed by atoms with Gasteiger partial charge in [0.2, 0.25) is 0 Å². The molecule has 226 valence electrons. The van der Waals surface area contributed by atoms with Crippen LogP contribution in [0.5, 0.6) is 23.0 Å². The molecule has 7 nitrogen and oxygen atoms in total. The van der Waals surface area contributed by atoms with E-state index in [4.69, 9.17) is 28.4 Å². The van der Waals surface area contributed by atoms with Gasteiger partial charge in [-0.1, -0.05) is 43.7 Å². The summed E-state index contributed by atoms with van der Waals surface area (Å²) in [5.74, 6) is 3.30. The van der Waals surface area contributed by atoms with Crippen molar-refractivity contribution in [1.29, 1.82) is 0 Å². The minimum atomic E-state index is -0.321. The number of unbranched alkanes of at least 4 members (excludes halogenated alkanes) is 1. The van der Waals surface area contributed by atoms with E-state index in [2.05, 4.69) is 54.3 Å². The van der Waals surface area contributed by atoms with Crippen LogP contribution < -0.4 is 18.9 Å². The molecular weight excluding hydrogens is 530 g/mol. The molecule has 3 aromatic carbocycles. The standard InChI is InChI=1S/C35H45NO6/c1-35(28-11-15-30(16-12-28)41-25-37-2)24-40-33-23-31(42-26-38-3)17-18-32(33)34(35)27-9-13-29(14-10-27)39-22-8-7-21-36-19-5-4-6-20-36/h9-18,23,34H,4-8,19-22,24-26H2,1-3H3. The number of piperidine rings is 1. The van der Waals surface area contributed by atoms with Crippen LogP contribution in [0, 0.1) is 0 Å². The second kappa shape index (κ2) is 14.8. The van der Waals surface area contributed by atoms with Crippen LogP contribution in [-0.2, 0) is 14.9 Å². The lowest BCUT2D eigenvalue weighted by molar-refractivity contribution is 0.0505. The van der Waals surface area contributed by atoms with Gasteiger partial charge in [0.25, 0.3) is 0 Å². The molecule has 0 saturated carbocycles. The minimum absolute atomic E-state index is 0.0575. The van der Waals surface area contributed by atoms with Crippen molar-refractivity contribution in [3.05, 3.63) is 83.4 Å². The van der Waals surface area contributed by atoms with Crippen molar-refractivity contribution in [3.8, 4) is 23.0 Å². The number of likely N-dealkylation sites (tertiary alicyclic amines) is 1. The fourth-order valence-electron chi connectivity index (χ4n) is 6.17. The number of hydrogen-bond donors (Lipinski definition) is 0. The number of fused-ring (bicyclic) bond motifs is 1.